The standard InChI is InChI=1S/C42H65N5O7S2/c1-27(2)35(39(51)43-26-30-18-14-11-15-19-30)46-37(49)31(20-22-55-8)25-34(48)33(24-29-16-12-10-13-17-29)45-38(50)32(21-23-56-9)44-40(52)36(28(3)4)47-41(53)54-42(5,6)7/h10-19,27-28,31-36,48H,20-26H2,1-9H3,(H,43,51)(H,44,52)(H,45,50)(H,46,49)(H,47,53)/t31-,32+,33+,34+,35+,36+/m1/s1. The zero-order valence-electron chi connectivity index (χ0n) is 34.6. The van der Waals surface area contributed by atoms with Gasteiger partial charge in [-0.3, -0.25) is 19.2 Å². The van der Waals surface area contributed by atoms with Crippen LogP contribution in [0.1, 0.15) is 78.9 Å². The predicted molar refractivity (Wildman–Crippen MR) is 227 cm³/mol. The largest absolute Gasteiger partial charge is 0.444 e. The van der Waals surface area contributed by atoms with Gasteiger partial charge in [0.1, 0.15) is 23.7 Å². The van der Waals surface area contributed by atoms with Gasteiger partial charge in [0.25, 0.3) is 0 Å². The highest BCUT2D eigenvalue weighted by Crippen LogP contribution is 2.20. The second kappa shape index (κ2) is 24.8. The fourth-order valence-corrected chi connectivity index (χ4v) is 6.93. The Morgan fingerprint density at radius 2 is 1.21 bits per heavy atom. The van der Waals surface area contributed by atoms with E-state index in [4.69, 9.17) is 4.74 Å². The zero-order valence-corrected chi connectivity index (χ0v) is 36.2. The number of rotatable bonds is 23. The average molecular weight is 816 g/mol. The van der Waals surface area contributed by atoms with E-state index in [1.54, 1.807) is 46.4 Å². The highest BCUT2D eigenvalue weighted by atomic mass is 32.2. The van der Waals surface area contributed by atoms with Gasteiger partial charge in [0.2, 0.25) is 23.6 Å². The lowest BCUT2D eigenvalue weighted by Gasteiger charge is -2.31. The van der Waals surface area contributed by atoms with E-state index in [-0.39, 0.29) is 36.5 Å². The molecule has 0 aromatic heterocycles. The predicted octanol–water partition coefficient (Wildman–Crippen LogP) is 5.08. The molecule has 12 nitrogen and oxygen atoms in total. The van der Waals surface area contributed by atoms with Crippen molar-refractivity contribution in [2.24, 2.45) is 17.8 Å². The van der Waals surface area contributed by atoms with Gasteiger partial charge >= 0.3 is 6.09 Å². The van der Waals surface area contributed by atoms with E-state index in [0.717, 1.165) is 11.1 Å². The molecule has 0 heterocycles. The van der Waals surface area contributed by atoms with E-state index in [1.165, 1.54) is 11.8 Å². The van der Waals surface area contributed by atoms with Crippen molar-refractivity contribution in [1.82, 2.24) is 26.6 Å². The second-order valence-corrected chi connectivity index (χ2v) is 17.7. The molecule has 2 aromatic rings. The lowest BCUT2D eigenvalue weighted by Crippen LogP contribution is -2.58. The molecule has 56 heavy (non-hydrogen) atoms. The first-order valence-electron chi connectivity index (χ1n) is 19.4. The molecule has 14 heteroatoms. The molecule has 6 N–H and O–H groups in total. The van der Waals surface area contributed by atoms with Crippen molar-refractivity contribution in [2.75, 3.05) is 24.0 Å². The summed E-state index contributed by atoms with van der Waals surface area (Å²) < 4.78 is 5.38. The summed E-state index contributed by atoms with van der Waals surface area (Å²) in [5, 5.41) is 26.2. The molecular formula is C42H65N5O7S2. The molecule has 0 radical (unpaired) electrons. The SMILES string of the molecule is CSCC[C@H](C[C@H](O)[C@H](Cc1ccccc1)NC(=O)[C@H](CCSC)NC(=O)[C@@H](NC(=O)OC(C)(C)C)C(C)C)C(=O)N[C@H](C(=O)NCc1ccccc1)C(C)C. The van der Waals surface area contributed by atoms with Crippen molar-refractivity contribution in [1.29, 1.82) is 0 Å². The molecule has 6 atom stereocenters. The van der Waals surface area contributed by atoms with Gasteiger partial charge in [-0.15, -0.1) is 0 Å². The van der Waals surface area contributed by atoms with Crippen LogP contribution in [0.15, 0.2) is 60.7 Å². The van der Waals surface area contributed by atoms with Crippen LogP contribution in [-0.2, 0) is 36.9 Å². The number of alkyl carbamates (subject to hydrolysis) is 1. The lowest BCUT2D eigenvalue weighted by molar-refractivity contribution is -0.133. The van der Waals surface area contributed by atoms with Gasteiger partial charge in [0.15, 0.2) is 0 Å². The molecule has 0 aliphatic carbocycles. The smallest absolute Gasteiger partial charge is 0.408 e. The number of hydrogen-bond donors (Lipinski definition) is 6. The quantitative estimate of drug-likeness (QED) is 0.0895. The molecule has 0 saturated carbocycles. The Bertz CT molecular complexity index is 1510. The highest BCUT2D eigenvalue weighted by Gasteiger charge is 2.34. The molecule has 5 amide bonds. The summed E-state index contributed by atoms with van der Waals surface area (Å²) in [6, 6.07) is 15.4. The third kappa shape index (κ3) is 18.0. The molecule has 0 fully saturated rings. The van der Waals surface area contributed by atoms with Crippen molar-refractivity contribution in [3.05, 3.63) is 71.8 Å². The molecule has 312 valence electrons. The summed E-state index contributed by atoms with van der Waals surface area (Å²) in [4.78, 5) is 67.5. The Hall–Kier alpha value is -3.75. The van der Waals surface area contributed by atoms with Crippen molar-refractivity contribution in [3.63, 3.8) is 0 Å². The molecule has 0 saturated heterocycles. The molecule has 0 bridgehead atoms. The van der Waals surface area contributed by atoms with Crippen LogP contribution in [0.4, 0.5) is 4.79 Å². The van der Waals surface area contributed by atoms with Crippen molar-refractivity contribution >= 4 is 53.2 Å². The number of amides is 5. The van der Waals surface area contributed by atoms with Gasteiger partial charge < -0.3 is 36.4 Å². The minimum Gasteiger partial charge on any atom is -0.444 e. The van der Waals surface area contributed by atoms with Gasteiger partial charge in [-0.1, -0.05) is 88.4 Å². The number of ether oxygens (including phenoxy) is 1. The maximum atomic E-state index is 14.1. The normalized spacial score (nSPS) is 14.8. The summed E-state index contributed by atoms with van der Waals surface area (Å²) >= 11 is 3.09. The third-order valence-electron chi connectivity index (χ3n) is 9.08. The van der Waals surface area contributed by atoms with Crippen LogP contribution in [-0.4, -0.2) is 94.7 Å². The van der Waals surface area contributed by atoms with Crippen molar-refractivity contribution < 1.29 is 33.8 Å². The molecule has 0 spiro atoms. The van der Waals surface area contributed by atoms with Crippen LogP contribution in [0.3, 0.4) is 0 Å². The van der Waals surface area contributed by atoms with Crippen LogP contribution in [0.2, 0.25) is 0 Å². The van der Waals surface area contributed by atoms with Crippen LogP contribution in [0.25, 0.3) is 0 Å². The fraction of sp³-hybridized carbons (Fsp3) is 0.595. The molecule has 0 unspecified atom stereocenters. The third-order valence-corrected chi connectivity index (χ3v) is 10.4. The zero-order chi connectivity index (χ0) is 41.8. The first-order valence-corrected chi connectivity index (χ1v) is 22.2. The maximum Gasteiger partial charge on any atom is 0.408 e. The first kappa shape index (κ1) is 48.4. The number of nitrogens with one attached hydrogen (secondary N) is 5. The summed E-state index contributed by atoms with van der Waals surface area (Å²) in [5.74, 6) is -1.64. The average Bonchev–Trinajstić information content (AvgIpc) is 3.14. The highest BCUT2D eigenvalue weighted by molar-refractivity contribution is 7.98. The van der Waals surface area contributed by atoms with E-state index >= 15 is 0 Å². The number of aliphatic hydroxyl groups excluding tert-OH is 1. The number of carbonyl (C=O) groups excluding carboxylic acids is 5. The first-order chi connectivity index (χ1) is 26.4. The number of hydrogen-bond acceptors (Lipinski definition) is 9. The number of thioether (sulfide) groups is 2. The number of carbonyl (C=O) groups is 5. The summed E-state index contributed by atoms with van der Waals surface area (Å²) in [5.41, 5.74) is 1.04. The Morgan fingerprint density at radius 3 is 1.75 bits per heavy atom. The van der Waals surface area contributed by atoms with Gasteiger partial charge in [-0.2, -0.15) is 23.5 Å². The van der Waals surface area contributed by atoms with Gasteiger partial charge in [0, 0.05) is 12.5 Å². The van der Waals surface area contributed by atoms with Crippen molar-refractivity contribution in [2.45, 2.75) is 117 Å². The molecule has 2 rings (SSSR count). The van der Waals surface area contributed by atoms with Crippen LogP contribution in [0.5, 0.6) is 0 Å². The van der Waals surface area contributed by atoms with E-state index in [0.29, 0.717) is 30.9 Å². The van der Waals surface area contributed by atoms with Crippen LogP contribution >= 0.6 is 23.5 Å². The van der Waals surface area contributed by atoms with E-state index in [1.807, 2.05) is 87.0 Å². The van der Waals surface area contributed by atoms with Crippen LogP contribution < -0.4 is 26.6 Å². The van der Waals surface area contributed by atoms with Gasteiger partial charge in [-0.05, 0) is 93.4 Å². The minimum atomic E-state index is -1.16. The topological polar surface area (TPSA) is 175 Å². The summed E-state index contributed by atoms with van der Waals surface area (Å²) in [6.45, 7) is 12.8. The molecule has 0 aliphatic heterocycles. The van der Waals surface area contributed by atoms with Gasteiger partial charge in [-0.25, -0.2) is 4.79 Å². The Balaban J connectivity index is 2.31. The number of benzene rings is 2. The molecular weight excluding hydrogens is 751 g/mol. The monoisotopic (exact) mass is 815 g/mol. The fourth-order valence-electron chi connectivity index (χ4n) is 5.94. The minimum absolute atomic E-state index is 0.0255. The van der Waals surface area contributed by atoms with Crippen molar-refractivity contribution in [3.8, 4) is 0 Å². The van der Waals surface area contributed by atoms with E-state index in [2.05, 4.69) is 26.6 Å². The summed E-state index contributed by atoms with van der Waals surface area (Å²) in [6.07, 6.45) is 2.97. The van der Waals surface area contributed by atoms with Crippen LogP contribution in [0, 0.1) is 17.8 Å². The number of aliphatic hydroxyl groups is 1. The lowest BCUT2D eigenvalue weighted by atomic mass is 9.90. The molecule has 2 aromatic carbocycles. The van der Waals surface area contributed by atoms with E-state index < -0.39 is 59.7 Å². The Kier molecular flexibility index (Phi) is 21.4. The summed E-state index contributed by atoms with van der Waals surface area (Å²) in [7, 11) is 0. The Labute approximate surface area is 342 Å². The Morgan fingerprint density at radius 1 is 0.679 bits per heavy atom. The molecule has 0 aliphatic rings. The van der Waals surface area contributed by atoms with Gasteiger partial charge in [0.05, 0.1) is 12.1 Å². The van der Waals surface area contributed by atoms with E-state index in [9.17, 15) is 29.1 Å². The maximum absolute atomic E-state index is 14.1. The second-order valence-electron chi connectivity index (χ2n) is 15.7.